The highest BCUT2D eigenvalue weighted by Crippen LogP contribution is 2.37. The van der Waals surface area contributed by atoms with Crippen molar-refractivity contribution in [3.8, 4) is 0 Å². The Balaban J connectivity index is 2.21. The first-order chi connectivity index (χ1) is 6.81. The van der Waals surface area contributed by atoms with E-state index in [1.807, 2.05) is 18.2 Å². The first kappa shape index (κ1) is 9.26. The van der Waals surface area contributed by atoms with E-state index in [2.05, 4.69) is 24.4 Å². The van der Waals surface area contributed by atoms with Crippen LogP contribution in [0.15, 0.2) is 48.2 Å². The van der Waals surface area contributed by atoms with Gasteiger partial charge in [0.25, 0.3) is 0 Å². The first-order valence-electron chi connectivity index (χ1n) is 4.93. The van der Waals surface area contributed by atoms with Crippen LogP contribution in [0.1, 0.15) is 24.3 Å². The highest BCUT2D eigenvalue weighted by molar-refractivity contribution is 5.27. The van der Waals surface area contributed by atoms with Crippen LogP contribution in [0.25, 0.3) is 0 Å². The number of hydrogen-bond acceptors (Lipinski definition) is 1. The number of aliphatic hydroxyl groups excluding tert-OH is 1. The van der Waals surface area contributed by atoms with Crippen molar-refractivity contribution in [1.82, 2.24) is 0 Å². The summed E-state index contributed by atoms with van der Waals surface area (Å²) >= 11 is 0. The summed E-state index contributed by atoms with van der Waals surface area (Å²) in [6.45, 7) is 3.60. The molecule has 0 aliphatic heterocycles. The zero-order valence-corrected chi connectivity index (χ0v) is 8.11. The van der Waals surface area contributed by atoms with Gasteiger partial charge in [-0.25, -0.2) is 0 Å². The predicted octanol–water partition coefficient (Wildman–Crippen LogP) is 2.64. The number of aliphatic hydroxyl groups is 1. The maximum atomic E-state index is 9.68. The minimum atomic E-state index is -0.335. The van der Waals surface area contributed by atoms with E-state index in [9.17, 15) is 5.11 Å². The summed E-state index contributed by atoms with van der Waals surface area (Å²) in [4.78, 5) is 0. The van der Waals surface area contributed by atoms with Crippen molar-refractivity contribution in [1.29, 1.82) is 0 Å². The van der Waals surface area contributed by atoms with Gasteiger partial charge >= 0.3 is 0 Å². The molecule has 1 saturated carbocycles. The SMILES string of the molecule is C=C=C1CC(c2ccccc2)CC1O. The van der Waals surface area contributed by atoms with E-state index in [1.54, 1.807) is 0 Å². The lowest BCUT2D eigenvalue weighted by molar-refractivity contribution is 0.215. The Hall–Kier alpha value is -1.30. The molecule has 1 heteroatoms. The third kappa shape index (κ3) is 1.65. The maximum Gasteiger partial charge on any atom is 0.0829 e. The lowest BCUT2D eigenvalue weighted by Crippen LogP contribution is -2.01. The van der Waals surface area contributed by atoms with Gasteiger partial charge in [-0.3, -0.25) is 0 Å². The molecule has 0 saturated heterocycles. The van der Waals surface area contributed by atoms with Gasteiger partial charge in [0, 0.05) is 5.57 Å². The molecule has 1 fully saturated rings. The number of rotatable bonds is 1. The summed E-state index contributed by atoms with van der Waals surface area (Å²) in [6, 6.07) is 10.3. The van der Waals surface area contributed by atoms with Crippen LogP contribution in [0, 0.1) is 0 Å². The van der Waals surface area contributed by atoms with Crippen molar-refractivity contribution in [2.45, 2.75) is 24.9 Å². The van der Waals surface area contributed by atoms with E-state index in [4.69, 9.17) is 0 Å². The summed E-state index contributed by atoms with van der Waals surface area (Å²) in [7, 11) is 0. The van der Waals surface area contributed by atoms with Gasteiger partial charge in [0.05, 0.1) is 6.10 Å². The van der Waals surface area contributed by atoms with Crippen LogP contribution < -0.4 is 0 Å². The van der Waals surface area contributed by atoms with E-state index in [0.717, 1.165) is 18.4 Å². The summed E-state index contributed by atoms with van der Waals surface area (Å²) in [5, 5.41) is 9.68. The summed E-state index contributed by atoms with van der Waals surface area (Å²) < 4.78 is 0. The molecule has 1 N–H and O–H groups in total. The fourth-order valence-electron chi connectivity index (χ4n) is 2.07. The third-order valence-corrected chi connectivity index (χ3v) is 2.87. The predicted molar refractivity (Wildman–Crippen MR) is 57.1 cm³/mol. The Morgan fingerprint density at radius 2 is 2.00 bits per heavy atom. The molecule has 1 aliphatic carbocycles. The van der Waals surface area contributed by atoms with Gasteiger partial charge in [0.2, 0.25) is 0 Å². The Morgan fingerprint density at radius 1 is 1.29 bits per heavy atom. The van der Waals surface area contributed by atoms with Crippen LogP contribution in [0.3, 0.4) is 0 Å². The zero-order chi connectivity index (χ0) is 9.97. The molecule has 0 heterocycles. The van der Waals surface area contributed by atoms with Gasteiger partial charge in [-0.1, -0.05) is 36.9 Å². The molecule has 2 rings (SSSR count). The molecular formula is C13H14O. The number of hydrogen-bond donors (Lipinski definition) is 1. The second kappa shape index (κ2) is 3.83. The maximum absolute atomic E-state index is 9.68. The number of benzene rings is 1. The molecule has 0 amide bonds. The normalized spacial score (nSPS) is 26.2. The topological polar surface area (TPSA) is 20.2 Å². The van der Waals surface area contributed by atoms with E-state index in [0.29, 0.717) is 5.92 Å². The van der Waals surface area contributed by atoms with Gasteiger partial charge in [0.15, 0.2) is 0 Å². The molecule has 0 spiro atoms. The smallest absolute Gasteiger partial charge is 0.0829 e. The van der Waals surface area contributed by atoms with Crippen LogP contribution in [-0.2, 0) is 0 Å². The molecule has 2 atom stereocenters. The van der Waals surface area contributed by atoms with Crippen LogP contribution in [0.4, 0.5) is 0 Å². The molecule has 14 heavy (non-hydrogen) atoms. The van der Waals surface area contributed by atoms with Crippen LogP contribution >= 0.6 is 0 Å². The van der Waals surface area contributed by atoms with Crippen molar-refractivity contribution >= 4 is 0 Å². The lowest BCUT2D eigenvalue weighted by atomic mass is 9.97. The van der Waals surface area contributed by atoms with Crippen molar-refractivity contribution in [2.75, 3.05) is 0 Å². The van der Waals surface area contributed by atoms with Gasteiger partial charge in [-0.05, 0) is 24.3 Å². The van der Waals surface area contributed by atoms with E-state index < -0.39 is 0 Å². The minimum absolute atomic E-state index is 0.335. The first-order valence-corrected chi connectivity index (χ1v) is 4.93. The molecule has 1 nitrogen and oxygen atoms in total. The van der Waals surface area contributed by atoms with Gasteiger partial charge in [0.1, 0.15) is 0 Å². The molecule has 0 bridgehead atoms. The Labute approximate surface area is 84.4 Å². The second-order valence-electron chi connectivity index (χ2n) is 3.77. The molecule has 2 unspecified atom stereocenters. The second-order valence-corrected chi connectivity index (χ2v) is 3.77. The van der Waals surface area contributed by atoms with Crippen LogP contribution in [0.2, 0.25) is 0 Å². The molecule has 1 aromatic rings. The largest absolute Gasteiger partial charge is 0.388 e. The standard InChI is InChI=1S/C13H14O/c1-2-10-8-12(9-13(10)14)11-6-4-3-5-7-11/h3-7,12-14H,1,8-9H2. The molecule has 72 valence electrons. The fourth-order valence-corrected chi connectivity index (χ4v) is 2.07. The van der Waals surface area contributed by atoms with E-state index in [1.165, 1.54) is 5.56 Å². The molecular weight excluding hydrogens is 172 g/mol. The molecule has 1 aliphatic rings. The average molecular weight is 186 g/mol. The van der Waals surface area contributed by atoms with Crippen molar-refractivity contribution in [3.63, 3.8) is 0 Å². The third-order valence-electron chi connectivity index (χ3n) is 2.87. The van der Waals surface area contributed by atoms with Crippen molar-refractivity contribution < 1.29 is 5.11 Å². The van der Waals surface area contributed by atoms with Crippen molar-refractivity contribution in [2.24, 2.45) is 0 Å². The van der Waals surface area contributed by atoms with Crippen molar-refractivity contribution in [3.05, 3.63) is 53.8 Å². The Bertz CT molecular complexity index is 360. The summed E-state index contributed by atoms with van der Waals surface area (Å²) in [6.07, 6.45) is 1.37. The zero-order valence-electron chi connectivity index (χ0n) is 8.11. The summed E-state index contributed by atoms with van der Waals surface area (Å²) in [5.41, 5.74) is 5.09. The molecule has 0 radical (unpaired) electrons. The Kier molecular flexibility index (Phi) is 2.53. The average Bonchev–Trinajstić information content (AvgIpc) is 2.61. The molecule has 1 aromatic carbocycles. The minimum Gasteiger partial charge on any atom is -0.388 e. The quantitative estimate of drug-likeness (QED) is 0.668. The highest BCUT2D eigenvalue weighted by atomic mass is 16.3. The van der Waals surface area contributed by atoms with Crippen LogP contribution in [-0.4, -0.2) is 11.2 Å². The lowest BCUT2D eigenvalue weighted by Gasteiger charge is -2.07. The van der Waals surface area contributed by atoms with Crippen LogP contribution in [0.5, 0.6) is 0 Å². The Morgan fingerprint density at radius 3 is 2.57 bits per heavy atom. The van der Waals surface area contributed by atoms with Gasteiger partial charge < -0.3 is 5.11 Å². The van der Waals surface area contributed by atoms with E-state index >= 15 is 0 Å². The van der Waals surface area contributed by atoms with Gasteiger partial charge in [-0.15, -0.1) is 5.73 Å². The highest BCUT2D eigenvalue weighted by Gasteiger charge is 2.28. The summed E-state index contributed by atoms with van der Waals surface area (Å²) in [5.74, 6) is 0.440. The molecule has 0 aromatic heterocycles. The van der Waals surface area contributed by atoms with E-state index in [-0.39, 0.29) is 6.10 Å². The van der Waals surface area contributed by atoms with Gasteiger partial charge in [-0.2, -0.15) is 0 Å². The fraction of sp³-hybridized carbons (Fsp3) is 0.308. The monoisotopic (exact) mass is 186 g/mol.